The summed E-state index contributed by atoms with van der Waals surface area (Å²) in [5, 5.41) is 9.17. The lowest BCUT2D eigenvalue weighted by atomic mass is 10.2. The Hall–Kier alpha value is -2.35. The predicted molar refractivity (Wildman–Crippen MR) is 298 cm³/mol. The van der Waals surface area contributed by atoms with Gasteiger partial charge in [-0.05, 0) is 72.3 Å². The molecule has 15 heteroatoms. The Bertz CT molecular complexity index is 1780. The monoisotopic (exact) mass is 1030 g/mol. The number of esters is 2. The molecular weight excluding hydrogens is 945 g/mol. The highest BCUT2D eigenvalue weighted by atomic mass is 32.2. The van der Waals surface area contributed by atoms with Gasteiger partial charge in [-0.2, -0.15) is 0 Å². The van der Waals surface area contributed by atoms with Crippen LogP contribution in [-0.2, 0) is 50.3 Å². The zero-order valence-corrected chi connectivity index (χ0v) is 50.0. The Morgan fingerprint density at radius 1 is 0.612 bits per heavy atom. The van der Waals surface area contributed by atoms with E-state index in [1.807, 2.05) is 85.0 Å². The molecule has 0 aliphatic heterocycles. The van der Waals surface area contributed by atoms with Crippen LogP contribution in [0.2, 0.25) is 87.6 Å². The van der Waals surface area contributed by atoms with Gasteiger partial charge in [-0.25, -0.2) is 0 Å². The second-order valence-corrected chi connectivity index (χ2v) is 44.8. The van der Waals surface area contributed by atoms with Crippen LogP contribution in [0, 0.1) is 0 Å². The van der Waals surface area contributed by atoms with E-state index in [0.29, 0.717) is 32.5 Å². The molecule has 0 fully saturated rings. The number of thiol groups is 1. The summed E-state index contributed by atoms with van der Waals surface area (Å²) in [5.41, 5.74) is 2.06. The topological polar surface area (TPSA) is 125 Å². The van der Waals surface area contributed by atoms with E-state index in [2.05, 4.69) is 120 Å². The maximum absolute atomic E-state index is 12.5. The Kier molecular flexibility index (Phi) is 30.7. The van der Waals surface area contributed by atoms with Crippen molar-refractivity contribution >= 4 is 79.3 Å². The first-order valence-electron chi connectivity index (χ1n) is 23.8. The predicted octanol–water partition coefficient (Wildman–Crippen LogP) is 13.4. The maximum atomic E-state index is 12.5. The number of hydrogen-bond donors (Lipinski definition) is 2. The van der Waals surface area contributed by atoms with Crippen LogP contribution in [0.1, 0.15) is 78.4 Å². The fourth-order valence-electron chi connectivity index (χ4n) is 5.19. The van der Waals surface area contributed by atoms with E-state index in [4.69, 9.17) is 23.4 Å². The highest BCUT2D eigenvalue weighted by molar-refractivity contribution is 8.13. The molecule has 0 radical (unpaired) electrons. The number of carbonyl (C=O) groups is 4. The molecule has 2 aromatic rings. The fourth-order valence-corrected chi connectivity index (χ4v) is 10.1. The average molecular weight is 1040 g/mol. The normalized spacial score (nSPS) is 13.5. The highest BCUT2D eigenvalue weighted by Gasteiger charge is 2.40. The van der Waals surface area contributed by atoms with Gasteiger partial charge in [-0.3, -0.25) is 19.2 Å². The minimum Gasteiger partial charge on any atom is -0.466 e. The molecule has 2 atom stereocenters. The molecule has 2 aromatic carbocycles. The van der Waals surface area contributed by atoms with Crippen LogP contribution in [0.4, 0.5) is 0 Å². The molecular formula is C52H90O9S2Si4. The van der Waals surface area contributed by atoms with Crippen LogP contribution in [0.25, 0.3) is 0 Å². The quantitative estimate of drug-likeness (QED) is 0.0326. The molecule has 0 aliphatic carbocycles. The van der Waals surface area contributed by atoms with Gasteiger partial charge in [0.25, 0.3) is 0 Å². The summed E-state index contributed by atoms with van der Waals surface area (Å²) in [5.74, 6) is 0.315. The lowest BCUT2D eigenvalue weighted by molar-refractivity contribution is -0.145. The van der Waals surface area contributed by atoms with Crippen molar-refractivity contribution in [3.8, 4) is 0 Å². The number of thioether (sulfide) groups is 1. The zero-order chi connectivity index (χ0) is 51.5. The second kappa shape index (κ2) is 31.8. The van der Waals surface area contributed by atoms with Crippen molar-refractivity contribution in [2.45, 2.75) is 180 Å². The smallest absolute Gasteiger partial charge is 0.308 e. The van der Waals surface area contributed by atoms with Gasteiger partial charge in [-0.1, -0.05) is 178 Å². The van der Waals surface area contributed by atoms with Gasteiger partial charge >= 0.3 is 11.9 Å². The van der Waals surface area contributed by atoms with Crippen LogP contribution in [-0.4, -0.2) is 97.8 Å². The molecule has 0 unspecified atom stereocenters. The Labute approximate surface area is 421 Å². The van der Waals surface area contributed by atoms with Gasteiger partial charge in [0, 0.05) is 41.3 Å². The van der Waals surface area contributed by atoms with Crippen molar-refractivity contribution in [3.05, 3.63) is 96.1 Å². The summed E-state index contributed by atoms with van der Waals surface area (Å²) in [6.45, 7) is 36.6. The summed E-state index contributed by atoms with van der Waals surface area (Å²) in [6.07, 6.45) is 9.90. The van der Waals surface area contributed by atoms with Gasteiger partial charge in [0.15, 0.2) is 26.9 Å². The molecule has 1 N–H and O–H groups in total. The van der Waals surface area contributed by atoms with Crippen LogP contribution in [0.5, 0.6) is 0 Å². The number of ether oxygens (including phenoxy) is 2. The van der Waals surface area contributed by atoms with Crippen LogP contribution < -0.4 is 0 Å². The lowest BCUT2D eigenvalue weighted by Gasteiger charge is -2.38. The molecule has 0 heterocycles. The maximum Gasteiger partial charge on any atom is 0.308 e. The van der Waals surface area contributed by atoms with Crippen LogP contribution in [0.15, 0.2) is 85.0 Å². The number of rotatable bonds is 25. The Morgan fingerprint density at radius 2 is 0.985 bits per heavy atom. The van der Waals surface area contributed by atoms with E-state index in [1.54, 1.807) is 0 Å². The third-order valence-corrected chi connectivity index (χ3v) is 24.9. The summed E-state index contributed by atoms with van der Waals surface area (Å²) >= 11 is 5.03. The van der Waals surface area contributed by atoms with E-state index in [1.165, 1.54) is 11.8 Å². The van der Waals surface area contributed by atoms with Gasteiger partial charge in [0.2, 0.25) is 0 Å². The Balaban J connectivity index is 0.00000111. The van der Waals surface area contributed by atoms with E-state index in [-0.39, 0.29) is 63.9 Å². The molecule has 0 spiro atoms. The standard InChI is InChI=1S/C26H44O4SSi2.C18H38O4Si2.C8H8OS/c1-26(2,3)33(7,8)30-23(21-24(27)29-17-19-32(4,5)6)16-12-13-18-31-25(28)20-22-14-10-9-11-15-22;1-18(2,3)24(7,8)22-16(11-9-10-12-19)15-17(20)21-13-14-23(4,5)6;9-8(10)6-7-4-2-1-3-5-7/h9-12,14-16,23H,13,17-21H2,1-8H3;9,11,16,19H,10,12-15H2,1-8H3;1-5H,6H2,(H,9,10)/b16-12+;11-9+;/t23-;16-;/m11./s1. The van der Waals surface area contributed by atoms with E-state index in [0.717, 1.165) is 35.4 Å². The van der Waals surface area contributed by atoms with Crippen LogP contribution in [0.3, 0.4) is 0 Å². The van der Waals surface area contributed by atoms with Crippen LogP contribution >= 0.6 is 24.4 Å². The van der Waals surface area contributed by atoms with E-state index in [9.17, 15) is 19.2 Å². The number of carbonyl (C=O) groups excluding carboxylic acids is 4. The second-order valence-electron chi connectivity index (χ2n) is 22.4. The molecule has 0 amide bonds. The molecule has 0 bridgehead atoms. The number of benzene rings is 2. The van der Waals surface area contributed by atoms with Gasteiger partial charge in [0.05, 0.1) is 38.3 Å². The van der Waals surface area contributed by atoms with Crippen molar-refractivity contribution in [1.82, 2.24) is 0 Å². The largest absolute Gasteiger partial charge is 0.466 e. The summed E-state index contributed by atoms with van der Waals surface area (Å²) in [7, 11) is -6.44. The molecule has 67 heavy (non-hydrogen) atoms. The third-order valence-electron chi connectivity index (χ3n) is 11.4. The summed E-state index contributed by atoms with van der Waals surface area (Å²) in [6, 6.07) is 21.3. The molecule has 0 saturated heterocycles. The Morgan fingerprint density at radius 3 is 1.33 bits per heavy atom. The molecule has 0 saturated carbocycles. The summed E-state index contributed by atoms with van der Waals surface area (Å²) < 4.78 is 23.8. The van der Waals surface area contributed by atoms with Gasteiger partial charge in [0.1, 0.15) is 0 Å². The first-order valence-corrected chi connectivity index (χ1v) is 38.5. The summed E-state index contributed by atoms with van der Waals surface area (Å²) in [4.78, 5) is 47.3. The van der Waals surface area contributed by atoms with Gasteiger partial charge in [-0.15, -0.1) is 12.6 Å². The van der Waals surface area contributed by atoms with E-state index >= 15 is 0 Å². The molecule has 0 aromatic heterocycles. The van der Waals surface area contributed by atoms with Crippen molar-refractivity contribution in [2.75, 3.05) is 25.6 Å². The number of hydrogen-bond acceptors (Lipinski definition) is 10. The number of aliphatic hydroxyl groups excluding tert-OH is 1. The van der Waals surface area contributed by atoms with Crippen molar-refractivity contribution < 1.29 is 42.6 Å². The number of allylic oxidation sites excluding steroid dienone is 1. The fraction of sp³-hybridized carbons (Fsp3) is 0.615. The molecule has 380 valence electrons. The first-order chi connectivity index (χ1) is 30.8. The average Bonchev–Trinajstić information content (AvgIpc) is 3.16. The molecule has 0 aliphatic rings. The number of aliphatic hydroxyl groups is 1. The van der Waals surface area contributed by atoms with E-state index < -0.39 is 32.8 Å². The minimum atomic E-state index is -2.04. The SMILES string of the molecule is CC(C)(C)[Si](C)(C)O[C@H](/C=C/CCO)CC(=O)OCC[Si](C)(C)C.CC(C)(C)[Si](C)(C)O[C@H](/C=C/CCSC(=O)Cc1ccccc1)CC(=O)OCC[Si](C)(C)C.O=C(S)Cc1ccccc1. The molecule has 9 nitrogen and oxygen atoms in total. The molecule has 2 rings (SSSR count). The first kappa shape index (κ1) is 64.6. The zero-order valence-electron chi connectivity index (χ0n) is 44.3. The lowest BCUT2D eigenvalue weighted by Crippen LogP contribution is -2.44. The van der Waals surface area contributed by atoms with Crippen molar-refractivity contribution in [1.29, 1.82) is 0 Å². The van der Waals surface area contributed by atoms with Crippen molar-refractivity contribution in [2.24, 2.45) is 0 Å². The minimum absolute atomic E-state index is 0.0561. The van der Waals surface area contributed by atoms with Crippen molar-refractivity contribution in [3.63, 3.8) is 0 Å². The highest BCUT2D eigenvalue weighted by Crippen LogP contribution is 2.39. The third kappa shape index (κ3) is 33.8. The van der Waals surface area contributed by atoms with Gasteiger partial charge < -0.3 is 23.4 Å².